The number of benzene rings is 2. The summed E-state index contributed by atoms with van der Waals surface area (Å²) in [5.74, 6) is -0.255. The molecule has 0 saturated carbocycles. The highest BCUT2D eigenvalue weighted by Gasteiger charge is 2.15. The monoisotopic (exact) mass is 394 g/mol. The Morgan fingerprint density at radius 3 is 2.31 bits per heavy atom. The molecule has 0 aliphatic carbocycles. The lowest BCUT2D eigenvalue weighted by molar-refractivity contribution is -0.118. The van der Waals surface area contributed by atoms with Gasteiger partial charge in [0.25, 0.3) is 0 Å². The number of nitrogens with zero attached hydrogens (tertiary/aromatic N) is 2. The molecule has 0 atom stereocenters. The van der Waals surface area contributed by atoms with Crippen molar-refractivity contribution < 1.29 is 18.8 Å². The molecule has 8 nitrogen and oxygen atoms in total. The van der Waals surface area contributed by atoms with E-state index in [1.54, 1.807) is 24.3 Å². The van der Waals surface area contributed by atoms with Gasteiger partial charge in [0.1, 0.15) is 5.69 Å². The Morgan fingerprint density at radius 1 is 0.931 bits per heavy atom. The van der Waals surface area contributed by atoms with Crippen LogP contribution in [0.4, 0.5) is 11.4 Å². The molecule has 2 aromatic carbocycles. The number of ether oxygens (including phenoxy) is 1. The number of carbonyl (C=O) groups is 2. The van der Waals surface area contributed by atoms with Crippen molar-refractivity contribution in [3.8, 4) is 0 Å². The van der Waals surface area contributed by atoms with Crippen LogP contribution in [-0.2, 0) is 20.7 Å². The molecule has 0 unspecified atom stereocenters. The third-order valence-corrected chi connectivity index (χ3v) is 4.70. The van der Waals surface area contributed by atoms with Crippen molar-refractivity contribution in [1.82, 2.24) is 10.1 Å². The van der Waals surface area contributed by atoms with Gasteiger partial charge in [-0.2, -0.15) is 0 Å². The van der Waals surface area contributed by atoms with Crippen molar-refractivity contribution in [3.05, 3.63) is 54.2 Å². The van der Waals surface area contributed by atoms with Crippen molar-refractivity contribution in [2.75, 3.05) is 43.5 Å². The zero-order valence-electron chi connectivity index (χ0n) is 15.9. The Bertz CT molecular complexity index is 993. The molecule has 29 heavy (non-hydrogen) atoms. The van der Waals surface area contributed by atoms with Crippen molar-refractivity contribution in [3.63, 3.8) is 0 Å². The Kier molecular flexibility index (Phi) is 5.83. The van der Waals surface area contributed by atoms with Gasteiger partial charge < -0.3 is 19.9 Å². The van der Waals surface area contributed by atoms with Gasteiger partial charge in [-0.3, -0.25) is 14.5 Å². The lowest BCUT2D eigenvalue weighted by Gasteiger charge is -2.25. The average molecular weight is 394 g/mol. The van der Waals surface area contributed by atoms with E-state index in [1.165, 1.54) is 0 Å². The topological polar surface area (TPSA) is 96.7 Å². The highest BCUT2D eigenvalue weighted by Crippen LogP contribution is 2.19. The van der Waals surface area contributed by atoms with Crippen LogP contribution < -0.4 is 10.6 Å². The molecule has 1 saturated heterocycles. The van der Waals surface area contributed by atoms with E-state index >= 15 is 0 Å². The van der Waals surface area contributed by atoms with Crippen LogP contribution >= 0.6 is 0 Å². The number of carbonyl (C=O) groups excluding carboxylic acids is 2. The van der Waals surface area contributed by atoms with Gasteiger partial charge in [-0.15, -0.1) is 0 Å². The minimum absolute atomic E-state index is 0.0680. The first-order chi connectivity index (χ1) is 14.2. The van der Waals surface area contributed by atoms with Crippen LogP contribution in [0.25, 0.3) is 11.0 Å². The minimum atomic E-state index is -0.187. The van der Waals surface area contributed by atoms with E-state index in [-0.39, 0.29) is 18.2 Å². The first-order valence-corrected chi connectivity index (χ1v) is 9.50. The van der Waals surface area contributed by atoms with Crippen LogP contribution in [0.1, 0.15) is 5.69 Å². The molecule has 3 aromatic rings. The summed E-state index contributed by atoms with van der Waals surface area (Å²) in [7, 11) is 0. The second kappa shape index (κ2) is 8.85. The van der Waals surface area contributed by atoms with E-state index in [0.717, 1.165) is 18.5 Å². The van der Waals surface area contributed by atoms with Crippen LogP contribution in [0.5, 0.6) is 0 Å². The highest BCUT2D eigenvalue weighted by atomic mass is 16.5. The molecule has 8 heteroatoms. The van der Waals surface area contributed by atoms with E-state index in [4.69, 9.17) is 9.26 Å². The average Bonchev–Trinajstić information content (AvgIpc) is 3.13. The molecule has 0 bridgehead atoms. The van der Waals surface area contributed by atoms with Gasteiger partial charge in [-0.1, -0.05) is 17.3 Å². The summed E-state index contributed by atoms with van der Waals surface area (Å²) < 4.78 is 10.5. The molecular formula is C21H22N4O4. The fourth-order valence-electron chi connectivity index (χ4n) is 3.22. The molecule has 1 aliphatic rings. The number of hydrogen-bond donors (Lipinski definition) is 2. The third kappa shape index (κ3) is 4.98. The molecule has 4 rings (SSSR count). The van der Waals surface area contributed by atoms with Crippen LogP contribution in [0.15, 0.2) is 53.1 Å². The maximum Gasteiger partial charge on any atom is 0.238 e. The summed E-state index contributed by atoms with van der Waals surface area (Å²) in [6.07, 6.45) is 0.120. The lowest BCUT2D eigenvalue weighted by Crippen LogP contribution is -2.41. The van der Waals surface area contributed by atoms with Gasteiger partial charge in [0.15, 0.2) is 5.58 Å². The fraction of sp³-hybridized carbons (Fsp3) is 0.286. The zero-order chi connectivity index (χ0) is 20.1. The Morgan fingerprint density at radius 2 is 1.59 bits per heavy atom. The molecular weight excluding hydrogens is 372 g/mol. The summed E-state index contributed by atoms with van der Waals surface area (Å²) in [6, 6.07) is 14.5. The number of rotatable bonds is 6. The molecule has 1 fully saturated rings. The maximum atomic E-state index is 12.3. The summed E-state index contributed by atoms with van der Waals surface area (Å²) in [4.78, 5) is 26.5. The quantitative estimate of drug-likeness (QED) is 0.666. The van der Waals surface area contributed by atoms with Gasteiger partial charge in [0.2, 0.25) is 11.8 Å². The summed E-state index contributed by atoms with van der Waals surface area (Å²) in [5.41, 5.74) is 2.59. The number of hydrogen-bond acceptors (Lipinski definition) is 6. The molecule has 0 radical (unpaired) electrons. The highest BCUT2D eigenvalue weighted by molar-refractivity contribution is 5.95. The van der Waals surface area contributed by atoms with Crippen LogP contribution in [-0.4, -0.2) is 54.7 Å². The molecule has 2 amide bonds. The molecule has 2 heterocycles. The number of amides is 2. The van der Waals surface area contributed by atoms with Crippen molar-refractivity contribution in [1.29, 1.82) is 0 Å². The van der Waals surface area contributed by atoms with Crippen molar-refractivity contribution >= 4 is 34.2 Å². The van der Waals surface area contributed by atoms with Crippen molar-refractivity contribution in [2.24, 2.45) is 0 Å². The Labute approximate surface area is 167 Å². The van der Waals surface area contributed by atoms with E-state index in [2.05, 4.69) is 20.7 Å². The molecule has 1 aliphatic heterocycles. The predicted molar refractivity (Wildman–Crippen MR) is 109 cm³/mol. The second-order valence-electron chi connectivity index (χ2n) is 6.86. The Balaban J connectivity index is 1.29. The van der Waals surface area contributed by atoms with Gasteiger partial charge in [-0.25, -0.2) is 0 Å². The molecule has 1 aromatic heterocycles. The molecule has 2 N–H and O–H groups in total. The van der Waals surface area contributed by atoms with Gasteiger partial charge in [0, 0.05) is 29.9 Å². The first-order valence-electron chi connectivity index (χ1n) is 9.50. The second-order valence-corrected chi connectivity index (χ2v) is 6.86. The zero-order valence-corrected chi connectivity index (χ0v) is 15.9. The van der Waals surface area contributed by atoms with Crippen LogP contribution in [0, 0.1) is 0 Å². The molecule has 150 valence electrons. The fourth-order valence-corrected chi connectivity index (χ4v) is 3.22. The summed E-state index contributed by atoms with van der Waals surface area (Å²) in [6.45, 7) is 3.18. The lowest BCUT2D eigenvalue weighted by atomic mass is 10.1. The molecule has 0 spiro atoms. The predicted octanol–water partition coefficient (Wildman–Crippen LogP) is 2.28. The third-order valence-electron chi connectivity index (χ3n) is 4.70. The van der Waals surface area contributed by atoms with Crippen molar-refractivity contribution in [2.45, 2.75) is 6.42 Å². The normalized spacial score (nSPS) is 14.6. The standard InChI is InChI=1S/C21H22N4O4/c26-20(13-18-17-3-1-2-4-19(17)29-24-18)22-15-5-7-16(8-6-15)23-21(27)14-25-9-11-28-12-10-25/h1-8H,9-14H2,(H,22,26)(H,23,27). The van der Waals surface area contributed by atoms with Gasteiger partial charge in [0.05, 0.1) is 26.2 Å². The largest absolute Gasteiger partial charge is 0.379 e. The van der Waals surface area contributed by atoms with E-state index in [0.29, 0.717) is 42.4 Å². The Hall–Kier alpha value is -3.23. The number of morpholine rings is 1. The number of anilines is 2. The van der Waals surface area contributed by atoms with E-state index in [1.807, 2.05) is 24.3 Å². The smallest absolute Gasteiger partial charge is 0.238 e. The first kappa shape index (κ1) is 19.1. The maximum absolute atomic E-state index is 12.3. The number of nitrogens with one attached hydrogen (secondary N) is 2. The van der Waals surface area contributed by atoms with Crippen LogP contribution in [0.3, 0.4) is 0 Å². The summed E-state index contributed by atoms with van der Waals surface area (Å²) >= 11 is 0. The van der Waals surface area contributed by atoms with E-state index < -0.39 is 0 Å². The minimum Gasteiger partial charge on any atom is -0.379 e. The number of fused-ring (bicyclic) bond motifs is 1. The number of aromatic nitrogens is 1. The van der Waals surface area contributed by atoms with Gasteiger partial charge >= 0.3 is 0 Å². The summed E-state index contributed by atoms with van der Waals surface area (Å²) in [5, 5.41) is 10.5. The SMILES string of the molecule is O=C(Cc1noc2ccccc12)Nc1ccc(NC(=O)CN2CCOCC2)cc1. The van der Waals surface area contributed by atoms with Crippen LogP contribution in [0.2, 0.25) is 0 Å². The van der Waals surface area contributed by atoms with Gasteiger partial charge in [-0.05, 0) is 36.4 Å². The van der Waals surface area contributed by atoms with E-state index in [9.17, 15) is 9.59 Å². The number of para-hydroxylation sites is 1.